The van der Waals surface area contributed by atoms with Crippen molar-refractivity contribution in [3.05, 3.63) is 59.2 Å². The molecule has 0 aliphatic rings. The lowest BCUT2D eigenvalue weighted by Crippen LogP contribution is -2.22. The van der Waals surface area contributed by atoms with E-state index in [0.717, 1.165) is 18.8 Å². The Morgan fingerprint density at radius 2 is 1.68 bits per heavy atom. The average Bonchev–Trinajstić information content (AvgIpc) is 2.34. The number of anilines is 2. The molecular formula is C17H22N2. The highest BCUT2D eigenvalue weighted by molar-refractivity contribution is 5.56. The van der Waals surface area contributed by atoms with Gasteiger partial charge in [-0.1, -0.05) is 35.4 Å². The Hall–Kier alpha value is -1.96. The first kappa shape index (κ1) is 13.5. The molecule has 19 heavy (non-hydrogen) atoms. The molecule has 0 fully saturated rings. The summed E-state index contributed by atoms with van der Waals surface area (Å²) >= 11 is 0. The van der Waals surface area contributed by atoms with E-state index in [1.54, 1.807) is 0 Å². The molecular weight excluding hydrogens is 232 g/mol. The summed E-state index contributed by atoms with van der Waals surface area (Å²) in [7, 11) is 0. The van der Waals surface area contributed by atoms with Crippen molar-refractivity contribution >= 4 is 11.4 Å². The molecule has 0 aliphatic heterocycles. The molecule has 2 heteroatoms. The molecule has 0 saturated heterocycles. The Morgan fingerprint density at radius 3 is 2.26 bits per heavy atom. The standard InChI is InChI=1S/C17H22N2/c1-4-19(17-7-5-6-16(18)11-17)12-15-9-13(2)8-14(3)10-15/h5-11H,4,12,18H2,1-3H3. The van der Waals surface area contributed by atoms with Gasteiger partial charge < -0.3 is 10.6 Å². The van der Waals surface area contributed by atoms with Crippen LogP contribution in [0, 0.1) is 13.8 Å². The lowest BCUT2D eigenvalue weighted by molar-refractivity contribution is 0.830. The summed E-state index contributed by atoms with van der Waals surface area (Å²) in [5, 5.41) is 0. The normalized spacial score (nSPS) is 10.5. The summed E-state index contributed by atoms with van der Waals surface area (Å²) < 4.78 is 0. The maximum atomic E-state index is 5.87. The highest BCUT2D eigenvalue weighted by atomic mass is 15.1. The quantitative estimate of drug-likeness (QED) is 0.838. The Labute approximate surface area is 115 Å². The number of nitrogens with zero attached hydrogens (tertiary/aromatic N) is 1. The van der Waals surface area contributed by atoms with Crippen LogP contribution < -0.4 is 10.6 Å². The lowest BCUT2D eigenvalue weighted by Gasteiger charge is -2.24. The van der Waals surface area contributed by atoms with E-state index in [4.69, 9.17) is 5.73 Å². The van der Waals surface area contributed by atoms with Crippen molar-refractivity contribution in [1.82, 2.24) is 0 Å². The van der Waals surface area contributed by atoms with Crippen molar-refractivity contribution < 1.29 is 0 Å². The molecule has 0 unspecified atom stereocenters. The smallest absolute Gasteiger partial charge is 0.0429 e. The molecule has 0 radical (unpaired) electrons. The van der Waals surface area contributed by atoms with E-state index in [2.05, 4.69) is 49.9 Å². The largest absolute Gasteiger partial charge is 0.399 e. The summed E-state index contributed by atoms with van der Waals surface area (Å²) in [6, 6.07) is 14.8. The van der Waals surface area contributed by atoms with Gasteiger partial charge in [0.1, 0.15) is 0 Å². The van der Waals surface area contributed by atoms with Crippen molar-refractivity contribution in [3.63, 3.8) is 0 Å². The molecule has 2 rings (SSSR count). The third-order valence-electron chi connectivity index (χ3n) is 3.27. The average molecular weight is 254 g/mol. The molecule has 0 atom stereocenters. The van der Waals surface area contributed by atoms with Crippen molar-refractivity contribution in [2.45, 2.75) is 27.3 Å². The number of nitrogen functional groups attached to an aromatic ring is 1. The topological polar surface area (TPSA) is 29.3 Å². The monoisotopic (exact) mass is 254 g/mol. The van der Waals surface area contributed by atoms with Crippen LogP contribution in [0.2, 0.25) is 0 Å². The zero-order chi connectivity index (χ0) is 13.8. The number of hydrogen-bond donors (Lipinski definition) is 1. The molecule has 0 heterocycles. The lowest BCUT2D eigenvalue weighted by atomic mass is 10.1. The molecule has 2 nitrogen and oxygen atoms in total. The number of benzene rings is 2. The minimum atomic E-state index is 0.816. The fraction of sp³-hybridized carbons (Fsp3) is 0.294. The van der Waals surface area contributed by atoms with Crippen LogP contribution in [0.5, 0.6) is 0 Å². The van der Waals surface area contributed by atoms with Gasteiger partial charge in [0, 0.05) is 24.5 Å². The Balaban J connectivity index is 2.23. The zero-order valence-corrected chi connectivity index (χ0v) is 12.0. The first-order valence-corrected chi connectivity index (χ1v) is 6.76. The summed E-state index contributed by atoms with van der Waals surface area (Å²) in [5.41, 5.74) is 11.8. The van der Waals surface area contributed by atoms with Gasteiger partial charge in [-0.25, -0.2) is 0 Å². The summed E-state index contributed by atoms with van der Waals surface area (Å²) in [4.78, 5) is 2.34. The van der Waals surface area contributed by atoms with E-state index in [1.807, 2.05) is 18.2 Å². The van der Waals surface area contributed by atoms with Gasteiger partial charge in [0.15, 0.2) is 0 Å². The van der Waals surface area contributed by atoms with Crippen molar-refractivity contribution in [3.8, 4) is 0 Å². The maximum absolute atomic E-state index is 5.87. The fourth-order valence-corrected chi connectivity index (χ4v) is 2.49. The van der Waals surface area contributed by atoms with Crippen LogP contribution in [0.1, 0.15) is 23.6 Å². The molecule has 2 aromatic rings. The predicted molar refractivity (Wildman–Crippen MR) is 83.5 cm³/mol. The van der Waals surface area contributed by atoms with Crippen LogP contribution in [0.15, 0.2) is 42.5 Å². The van der Waals surface area contributed by atoms with Gasteiger partial charge >= 0.3 is 0 Å². The predicted octanol–water partition coefficient (Wildman–Crippen LogP) is 3.91. The van der Waals surface area contributed by atoms with E-state index < -0.39 is 0 Å². The molecule has 0 amide bonds. The third-order valence-corrected chi connectivity index (χ3v) is 3.27. The van der Waals surface area contributed by atoms with Crippen LogP contribution in [0.25, 0.3) is 0 Å². The summed E-state index contributed by atoms with van der Waals surface area (Å²) in [5.74, 6) is 0. The van der Waals surface area contributed by atoms with Crippen molar-refractivity contribution in [2.75, 3.05) is 17.2 Å². The van der Waals surface area contributed by atoms with Crippen LogP contribution >= 0.6 is 0 Å². The Bertz CT molecular complexity index is 541. The van der Waals surface area contributed by atoms with E-state index >= 15 is 0 Å². The van der Waals surface area contributed by atoms with Crippen LogP contribution in [0.3, 0.4) is 0 Å². The molecule has 0 bridgehead atoms. The van der Waals surface area contributed by atoms with E-state index in [9.17, 15) is 0 Å². The Kier molecular flexibility index (Phi) is 4.10. The highest BCUT2D eigenvalue weighted by Gasteiger charge is 2.06. The second-order valence-electron chi connectivity index (χ2n) is 5.11. The number of aryl methyl sites for hydroxylation is 2. The van der Waals surface area contributed by atoms with Crippen molar-refractivity contribution in [2.24, 2.45) is 0 Å². The van der Waals surface area contributed by atoms with Gasteiger partial charge in [-0.3, -0.25) is 0 Å². The van der Waals surface area contributed by atoms with Gasteiger partial charge in [0.25, 0.3) is 0 Å². The van der Waals surface area contributed by atoms with Gasteiger partial charge in [-0.15, -0.1) is 0 Å². The molecule has 2 N–H and O–H groups in total. The van der Waals surface area contributed by atoms with Crippen molar-refractivity contribution in [1.29, 1.82) is 0 Å². The van der Waals surface area contributed by atoms with Gasteiger partial charge in [0.2, 0.25) is 0 Å². The second kappa shape index (κ2) is 5.79. The number of rotatable bonds is 4. The van der Waals surface area contributed by atoms with E-state index in [1.165, 1.54) is 22.4 Å². The van der Waals surface area contributed by atoms with Crippen LogP contribution in [-0.4, -0.2) is 6.54 Å². The number of nitrogens with two attached hydrogens (primary N) is 1. The summed E-state index contributed by atoms with van der Waals surface area (Å²) in [6.07, 6.45) is 0. The first-order valence-electron chi connectivity index (χ1n) is 6.76. The maximum Gasteiger partial charge on any atom is 0.0429 e. The van der Waals surface area contributed by atoms with Crippen LogP contribution in [-0.2, 0) is 6.54 Å². The molecule has 100 valence electrons. The minimum absolute atomic E-state index is 0.816. The molecule has 0 spiro atoms. The van der Waals surface area contributed by atoms with Crippen LogP contribution in [0.4, 0.5) is 11.4 Å². The van der Waals surface area contributed by atoms with E-state index in [0.29, 0.717) is 0 Å². The molecule has 0 saturated carbocycles. The molecule has 2 aromatic carbocycles. The molecule has 0 aliphatic carbocycles. The van der Waals surface area contributed by atoms with Gasteiger partial charge in [-0.2, -0.15) is 0 Å². The zero-order valence-electron chi connectivity index (χ0n) is 12.0. The second-order valence-corrected chi connectivity index (χ2v) is 5.11. The summed E-state index contributed by atoms with van der Waals surface area (Å²) in [6.45, 7) is 8.35. The fourth-order valence-electron chi connectivity index (χ4n) is 2.49. The minimum Gasteiger partial charge on any atom is -0.399 e. The molecule has 0 aromatic heterocycles. The highest BCUT2D eigenvalue weighted by Crippen LogP contribution is 2.20. The third kappa shape index (κ3) is 3.50. The Morgan fingerprint density at radius 1 is 1.00 bits per heavy atom. The van der Waals surface area contributed by atoms with E-state index in [-0.39, 0.29) is 0 Å². The van der Waals surface area contributed by atoms with Gasteiger partial charge in [-0.05, 0) is 44.5 Å². The SMILES string of the molecule is CCN(Cc1cc(C)cc(C)c1)c1cccc(N)c1. The number of hydrogen-bond acceptors (Lipinski definition) is 2. The first-order chi connectivity index (χ1) is 9.08. The van der Waals surface area contributed by atoms with Gasteiger partial charge in [0.05, 0.1) is 0 Å².